The molecule has 2 aromatic carbocycles. The van der Waals surface area contributed by atoms with E-state index in [4.69, 9.17) is 0 Å². The second-order valence-electron chi connectivity index (χ2n) is 7.87. The average molecular weight is 444 g/mol. The zero-order chi connectivity index (χ0) is 23.4. The van der Waals surface area contributed by atoms with Crippen LogP contribution in [0.5, 0.6) is 0 Å². The summed E-state index contributed by atoms with van der Waals surface area (Å²) < 4.78 is 0. The maximum absolute atomic E-state index is 12.8. The summed E-state index contributed by atoms with van der Waals surface area (Å²) in [6.45, 7) is 2.14. The van der Waals surface area contributed by atoms with Crippen LogP contribution in [0.3, 0.4) is 0 Å². The molecular formula is C25H24N4O4. The normalized spacial score (nSPS) is 11.9. The van der Waals surface area contributed by atoms with E-state index in [1.54, 1.807) is 60.7 Å². The van der Waals surface area contributed by atoms with E-state index in [2.05, 4.69) is 20.6 Å². The number of H-pyrrole nitrogens is 2. The lowest BCUT2D eigenvalue weighted by Crippen LogP contribution is -2.44. The van der Waals surface area contributed by atoms with Crippen LogP contribution in [0.1, 0.15) is 40.7 Å². The molecule has 8 heteroatoms. The van der Waals surface area contributed by atoms with E-state index in [0.717, 1.165) is 6.42 Å². The van der Waals surface area contributed by atoms with Crippen LogP contribution >= 0.6 is 0 Å². The topological polar surface area (TPSA) is 124 Å². The Labute approximate surface area is 189 Å². The first-order valence-corrected chi connectivity index (χ1v) is 10.8. The van der Waals surface area contributed by atoms with E-state index >= 15 is 0 Å². The third kappa shape index (κ3) is 4.85. The quantitative estimate of drug-likeness (QED) is 0.350. The number of aromatic nitrogens is 2. The Balaban J connectivity index is 1.47. The first-order chi connectivity index (χ1) is 16.0. The summed E-state index contributed by atoms with van der Waals surface area (Å²) in [5.41, 5.74) is -0.361. The van der Waals surface area contributed by atoms with Crippen LogP contribution in [0.4, 0.5) is 0 Å². The van der Waals surface area contributed by atoms with Gasteiger partial charge in [0.1, 0.15) is 11.4 Å². The van der Waals surface area contributed by atoms with Crippen molar-refractivity contribution < 1.29 is 9.59 Å². The number of pyridine rings is 2. The molecule has 2 amide bonds. The lowest BCUT2D eigenvalue weighted by atomic mass is 10.1. The molecule has 1 unspecified atom stereocenters. The lowest BCUT2D eigenvalue weighted by molar-refractivity contribution is 0.0901. The smallest absolute Gasteiger partial charge is 0.268 e. The maximum Gasteiger partial charge on any atom is 0.268 e. The van der Waals surface area contributed by atoms with Gasteiger partial charge in [-0.2, -0.15) is 0 Å². The minimum atomic E-state index is -0.438. The molecule has 0 saturated carbocycles. The molecule has 0 aliphatic carbocycles. The van der Waals surface area contributed by atoms with Crippen LogP contribution in [0.25, 0.3) is 21.5 Å². The van der Waals surface area contributed by atoms with Crippen LogP contribution in [0.2, 0.25) is 0 Å². The van der Waals surface area contributed by atoms with E-state index in [1.165, 1.54) is 0 Å². The SMILES string of the molecule is CCCC(CNC(=O)c1cc2ccccc2c(=O)[nH]1)NC(=O)c1cc2ccccc2c(=O)[nH]1. The number of hydrogen-bond donors (Lipinski definition) is 4. The fraction of sp³-hybridized carbons (Fsp3) is 0.200. The van der Waals surface area contributed by atoms with Gasteiger partial charge in [-0.15, -0.1) is 0 Å². The molecule has 0 fully saturated rings. The highest BCUT2D eigenvalue weighted by Crippen LogP contribution is 2.11. The molecule has 0 aliphatic rings. The standard InChI is InChI=1S/C25H24N4O4/c1-2-7-17(27-25(33)21-13-16-9-4-6-11-19(16)23(31)29-21)14-26-24(32)20-12-15-8-3-5-10-18(15)22(30)28-20/h3-6,8-13,17H,2,7,14H2,1H3,(H,26,32)(H,27,33)(H,28,30)(H,29,31). The van der Waals surface area contributed by atoms with Gasteiger partial charge in [-0.1, -0.05) is 49.7 Å². The highest BCUT2D eigenvalue weighted by atomic mass is 16.2. The fourth-order valence-corrected chi connectivity index (χ4v) is 3.81. The predicted molar refractivity (Wildman–Crippen MR) is 128 cm³/mol. The summed E-state index contributed by atoms with van der Waals surface area (Å²) in [5.74, 6) is -0.864. The highest BCUT2D eigenvalue weighted by molar-refractivity contribution is 5.97. The number of aromatic amines is 2. The van der Waals surface area contributed by atoms with E-state index in [9.17, 15) is 19.2 Å². The first-order valence-electron chi connectivity index (χ1n) is 10.8. The van der Waals surface area contributed by atoms with Crippen molar-refractivity contribution in [1.29, 1.82) is 0 Å². The van der Waals surface area contributed by atoms with Crippen molar-refractivity contribution in [3.8, 4) is 0 Å². The van der Waals surface area contributed by atoms with Gasteiger partial charge in [0.25, 0.3) is 22.9 Å². The Morgan fingerprint density at radius 3 is 1.88 bits per heavy atom. The number of hydrogen-bond acceptors (Lipinski definition) is 4. The monoisotopic (exact) mass is 444 g/mol. The Kier molecular flexibility index (Phi) is 6.35. The molecule has 0 saturated heterocycles. The summed E-state index contributed by atoms with van der Waals surface area (Å²) >= 11 is 0. The summed E-state index contributed by atoms with van der Waals surface area (Å²) in [4.78, 5) is 55.2. The molecule has 4 N–H and O–H groups in total. The van der Waals surface area contributed by atoms with Crippen molar-refractivity contribution in [2.75, 3.05) is 6.54 Å². The van der Waals surface area contributed by atoms with Crippen molar-refractivity contribution in [3.63, 3.8) is 0 Å². The third-order valence-corrected chi connectivity index (χ3v) is 5.48. The minimum Gasteiger partial charge on any atom is -0.349 e. The van der Waals surface area contributed by atoms with Gasteiger partial charge in [-0.3, -0.25) is 19.2 Å². The van der Waals surface area contributed by atoms with E-state index in [-0.39, 0.29) is 35.1 Å². The second kappa shape index (κ2) is 9.52. The van der Waals surface area contributed by atoms with Crippen LogP contribution in [0.15, 0.2) is 70.3 Å². The van der Waals surface area contributed by atoms with E-state index < -0.39 is 11.8 Å². The lowest BCUT2D eigenvalue weighted by Gasteiger charge is -2.19. The van der Waals surface area contributed by atoms with Crippen molar-refractivity contribution in [1.82, 2.24) is 20.6 Å². The molecule has 168 valence electrons. The molecule has 1 atom stereocenters. The third-order valence-electron chi connectivity index (χ3n) is 5.48. The van der Waals surface area contributed by atoms with Crippen molar-refractivity contribution >= 4 is 33.4 Å². The number of rotatable bonds is 7. The molecule has 4 aromatic rings. The summed E-state index contributed by atoms with van der Waals surface area (Å²) in [6, 6.07) is 17.0. The van der Waals surface area contributed by atoms with Crippen LogP contribution in [0, 0.1) is 0 Å². The van der Waals surface area contributed by atoms with Gasteiger partial charge in [-0.05, 0) is 41.5 Å². The van der Waals surface area contributed by atoms with Crippen LogP contribution < -0.4 is 21.8 Å². The molecule has 2 heterocycles. The molecular weight excluding hydrogens is 420 g/mol. The van der Waals surface area contributed by atoms with Gasteiger partial charge < -0.3 is 20.6 Å². The molecule has 33 heavy (non-hydrogen) atoms. The van der Waals surface area contributed by atoms with Crippen molar-refractivity contribution in [2.45, 2.75) is 25.8 Å². The zero-order valence-corrected chi connectivity index (χ0v) is 18.1. The largest absolute Gasteiger partial charge is 0.349 e. The van der Waals surface area contributed by atoms with E-state index in [1.807, 2.05) is 6.92 Å². The summed E-state index contributed by atoms with van der Waals surface area (Å²) in [6.07, 6.45) is 1.40. The van der Waals surface area contributed by atoms with Gasteiger partial charge >= 0.3 is 0 Å². The average Bonchev–Trinajstić information content (AvgIpc) is 2.82. The van der Waals surface area contributed by atoms with Gasteiger partial charge in [0.2, 0.25) is 0 Å². The number of amides is 2. The highest BCUT2D eigenvalue weighted by Gasteiger charge is 2.17. The predicted octanol–water partition coefficient (Wildman–Crippen LogP) is 2.70. The molecule has 8 nitrogen and oxygen atoms in total. The molecule has 0 radical (unpaired) electrons. The number of carbonyl (C=O) groups is 2. The van der Waals surface area contributed by atoms with Crippen LogP contribution in [-0.2, 0) is 0 Å². The number of nitrogens with one attached hydrogen (secondary N) is 4. The molecule has 0 bridgehead atoms. The number of fused-ring (bicyclic) bond motifs is 2. The summed E-state index contributed by atoms with van der Waals surface area (Å²) in [5, 5.41) is 8.02. The van der Waals surface area contributed by atoms with Crippen molar-refractivity contribution in [2.24, 2.45) is 0 Å². The molecule has 0 aliphatic heterocycles. The number of carbonyl (C=O) groups excluding carboxylic acids is 2. The van der Waals surface area contributed by atoms with Gasteiger partial charge in [-0.25, -0.2) is 0 Å². The molecule has 0 spiro atoms. The van der Waals surface area contributed by atoms with Gasteiger partial charge in [0.15, 0.2) is 0 Å². The van der Waals surface area contributed by atoms with Crippen molar-refractivity contribution in [3.05, 3.63) is 92.8 Å². The Morgan fingerprint density at radius 1 is 0.818 bits per heavy atom. The fourth-order valence-electron chi connectivity index (χ4n) is 3.81. The summed E-state index contributed by atoms with van der Waals surface area (Å²) in [7, 11) is 0. The molecule has 4 rings (SSSR count). The zero-order valence-electron chi connectivity index (χ0n) is 18.1. The Morgan fingerprint density at radius 2 is 1.33 bits per heavy atom. The Bertz CT molecular complexity index is 1450. The van der Waals surface area contributed by atoms with Crippen LogP contribution in [-0.4, -0.2) is 34.4 Å². The van der Waals surface area contributed by atoms with E-state index in [0.29, 0.717) is 28.0 Å². The Hall–Kier alpha value is -4.20. The number of benzene rings is 2. The van der Waals surface area contributed by atoms with Gasteiger partial charge in [0, 0.05) is 23.4 Å². The van der Waals surface area contributed by atoms with Gasteiger partial charge in [0.05, 0.1) is 0 Å². The first kappa shape index (κ1) is 22.0. The molecule has 2 aromatic heterocycles. The minimum absolute atomic E-state index is 0.152. The second-order valence-corrected chi connectivity index (χ2v) is 7.87. The maximum atomic E-state index is 12.8.